The molecule has 3 nitrogen and oxygen atoms in total. The van der Waals surface area contributed by atoms with Gasteiger partial charge in [-0.25, -0.2) is 0 Å². The predicted molar refractivity (Wildman–Crippen MR) is 291 cm³/mol. The van der Waals surface area contributed by atoms with Crippen molar-refractivity contribution in [3.8, 4) is 11.1 Å². The Hall–Kier alpha value is -6.71. The Balaban J connectivity index is 0. The summed E-state index contributed by atoms with van der Waals surface area (Å²) < 4.78 is 0. The highest BCUT2D eigenvalue weighted by molar-refractivity contribution is 5.83. The van der Waals surface area contributed by atoms with Crippen molar-refractivity contribution in [3.05, 3.63) is 251 Å². The van der Waals surface area contributed by atoms with Crippen LogP contribution in [-0.4, -0.2) is 6.72 Å². The van der Waals surface area contributed by atoms with Gasteiger partial charge in [-0.1, -0.05) is 238 Å². The van der Waals surface area contributed by atoms with E-state index >= 15 is 0 Å². The fraction of sp³-hybridized carbons (Fsp3) is 0.217. The highest BCUT2D eigenvalue weighted by Crippen LogP contribution is 2.34. The molecule has 6 rings (SSSR count). The highest BCUT2D eigenvalue weighted by Gasteiger charge is 2.16. The van der Waals surface area contributed by atoms with Gasteiger partial charge in [0.2, 0.25) is 0 Å². The summed E-state index contributed by atoms with van der Waals surface area (Å²) in [5, 5.41) is 2.75. The van der Waals surface area contributed by atoms with Crippen LogP contribution in [0.2, 0.25) is 0 Å². The molecule has 0 fully saturated rings. The van der Waals surface area contributed by atoms with Crippen LogP contribution in [0.15, 0.2) is 245 Å². The van der Waals surface area contributed by atoms with E-state index in [1.165, 1.54) is 50.4 Å². The van der Waals surface area contributed by atoms with E-state index in [4.69, 9.17) is 0 Å². The van der Waals surface area contributed by atoms with Gasteiger partial charge in [-0.3, -0.25) is 0 Å². The number of nitrogens with two attached hydrogens (primary N) is 1. The normalized spacial score (nSPS) is 13.9. The van der Waals surface area contributed by atoms with Crippen LogP contribution in [-0.2, 0) is 0 Å². The molecule has 0 saturated heterocycles. The van der Waals surface area contributed by atoms with Gasteiger partial charge in [0.25, 0.3) is 0 Å². The molecule has 0 saturated carbocycles. The smallest absolute Gasteiger partial charge is 0.0530 e. The van der Waals surface area contributed by atoms with E-state index in [1.54, 1.807) is 36.5 Å². The standard InChI is InChI=1S/C24H26.C19H19N.3C4H6.2C2H6.CH4N2/c1-3-8-19(2)17-20-9-7-12-24(18-20)23-15-13-22(14-16-23)21-10-5-4-6-11-21;1-15-10-12-17(13-11-15)20-14-6-5-7-16(2)18-8-3-4-9-19(18)20;3*1-3-4-2;2*1-2;1-3-2/h3-6,9-11,13-16,18-19H,1,7-8,12,17H2,2H3;3-10,12,14H,2,11,13H2,1H3;3*3-4H,1-2H2;2*1-2H3;1-2H2/b;7-5-,14-6-;;;;;;. The summed E-state index contributed by atoms with van der Waals surface area (Å²) in [6.07, 6.45) is 36.2. The zero-order chi connectivity index (χ0) is 47.7. The van der Waals surface area contributed by atoms with Crippen LogP contribution in [0.4, 0.5) is 5.69 Å². The van der Waals surface area contributed by atoms with Crippen LogP contribution in [0.25, 0.3) is 22.3 Å². The summed E-state index contributed by atoms with van der Waals surface area (Å²) in [5.74, 6) is 5.03. The van der Waals surface area contributed by atoms with Gasteiger partial charge < -0.3 is 10.7 Å². The maximum Gasteiger partial charge on any atom is 0.0530 e. The average molecular weight is 842 g/mol. The lowest BCUT2D eigenvalue weighted by Crippen LogP contribution is -2.18. The summed E-state index contributed by atoms with van der Waals surface area (Å²) in [6.45, 7) is 43.6. The van der Waals surface area contributed by atoms with Crippen LogP contribution in [0.1, 0.15) is 91.2 Å². The van der Waals surface area contributed by atoms with Gasteiger partial charge in [0.05, 0.1) is 5.69 Å². The van der Waals surface area contributed by atoms with E-state index in [9.17, 15) is 0 Å². The minimum atomic E-state index is 0.671. The minimum Gasteiger partial charge on any atom is -0.324 e. The molecule has 3 heteroatoms. The van der Waals surface area contributed by atoms with Crippen molar-refractivity contribution in [2.75, 3.05) is 4.90 Å². The Morgan fingerprint density at radius 1 is 0.683 bits per heavy atom. The molecule has 1 unspecified atom stereocenters. The first-order valence-corrected chi connectivity index (χ1v) is 22.0. The number of hydrogen-bond donors (Lipinski definition) is 1. The second kappa shape index (κ2) is 39.4. The molecule has 1 heterocycles. The first-order valence-electron chi connectivity index (χ1n) is 22.0. The van der Waals surface area contributed by atoms with E-state index in [0.29, 0.717) is 5.92 Å². The molecule has 1 atom stereocenters. The fourth-order valence-electron chi connectivity index (χ4n) is 6.03. The third-order valence-corrected chi connectivity index (χ3v) is 8.99. The van der Waals surface area contributed by atoms with E-state index < -0.39 is 0 Å². The number of hydrazone groups is 1. The van der Waals surface area contributed by atoms with Crippen LogP contribution in [0, 0.1) is 5.92 Å². The molecule has 63 heavy (non-hydrogen) atoms. The largest absolute Gasteiger partial charge is 0.324 e. The molecule has 0 spiro atoms. The van der Waals surface area contributed by atoms with Crippen molar-refractivity contribution in [1.29, 1.82) is 0 Å². The van der Waals surface area contributed by atoms with Crippen LogP contribution in [0.3, 0.4) is 0 Å². The number of nitrogens with zero attached hydrogens (tertiary/aromatic N) is 2. The highest BCUT2D eigenvalue weighted by atomic mass is 15.1. The van der Waals surface area contributed by atoms with Gasteiger partial charge in [-0.2, -0.15) is 5.10 Å². The van der Waals surface area contributed by atoms with Gasteiger partial charge in [0.1, 0.15) is 0 Å². The molecular formula is C60H79N3. The summed E-state index contributed by atoms with van der Waals surface area (Å²) in [4.78, 5) is 2.28. The van der Waals surface area contributed by atoms with Gasteiger partial charge in [-0.05, 0) is 97.4 Å². The van der Waals surface area contributed by atoms with E-state index in [2.05, 4.69) is 217 Å². The summed E-state index contributed by atoms with van der Waals surface area (Å²) >= 11 is 0. The molecule has 334 valence electrons. The Morgan fingerprint density at radius 3 is 1.73 bits per heavy atom. The third kappa shape index (κ3) is 25.0. The van der Waals surface area contributed by atoms with Crippen molar-refractivity contribution in [2.24, 2.45) is 16.9 Å². The lowest BCUT2D eigenvalue weighted by atomic mass is 9.88. The predicted octanol–water partition coefficient (Wildman–Crippen LogP) is 18.0. The SMILES string of the molecule is C=C1/C=C\C=C/N(C2=CC=C(C)CC2)c2ccccc21.C=CC=C.C=CC=C.C=CC=C.C=CCC(C)CC1=CCCC(c2ccc(-c3ccccc3)cc2)=C1.C=NN.CC.CC. The second-order valence-electron chi connectivity index (χ2n) is 13.6. The monoisotopic (exact) mass is 842 g/mol. The molecule has 0 radical (unpaired) electrons. The molecule has 3 aromatic rings. The molecule has 2 N–H and O–H groups in total. The Labute approximate surface area is 385 Å². The molecule has 2 aliphatic carbocycles. The fourth-order valence-corrected chi connectivity index (χ4v) is 6.03. The van der Waals surface area contributed by atoms with Gasteiger partial charge in [-0.15, -0.1) is 6.58 Å². The molecular weight excluding hydrogens is 763 g/mol. The van der Waals surface area contributed by atoms with Crippen LogP contribution in [0.5, 0.6) is 0 Å². The second-order valence-corrected chi connectivity index (χ2v) is 13.6. The zero-order valence-corrected chi connectivity index (χ0v) is 39.8. The Morgan fingerprint density at radius 2 is 1.21 bits per heavy atom. The molecule has 1 aliphatic heterocycles. The number of para-hydroxylation sites is 1. The van der Waals surface area contributed by atoms with Crippen molar-refractivity contribution < 1.29 is 0 Å². The van der Waals surface area contributed by atoms with Crippen molar-refractivity contribution in [3.63, 3.8) is 0 Å². The topological polar surface area (TPSA) is 41.6 Å². The van der Waals surface area contributed by atoms with E-state index in [1.807, 2.05) is 33.8 Å². The number of rotatable bonds is 10. The quantitative estimate of drug-likeness (QED) is 0.0726. The lowest BCUT2D eigenvalue weighted by Gasteiger charge is -2.28. The maximum atomic E-state index is 4.36. The van der Waals surface area contributed by atoms with E-state index in [0.717, 1.165) is 44.1 Å². The van der Waals surface area contributed by atoms with Gasteiger partial charge in [0.15, 0.2) is 0 Å². The van der Waals surface area contributed by atoms with Crippen LogP contribution >= 0.6 is 0 Å². The first kappa shape index (κ1) is 58.4. The maximum absolute atomic E-state index is 4.36. The minimum absolute atomic E-state index is 0.671. The summed E-state index contributed by atoms with van der Waals surface area (Å²) in [6, 6.07) is 28.0. The number of anilines is 1. The molecule has 3 aromatic carbocycles. The molecule has 0 amide bonds. The average Bonchev–Trinajstić information content (AvgIpc) is 3.34. The number of allylic oxidation sites excluding steroid dienone is 19. The number of benzene rings is 3. The van der Waals surface area contributed by atoms with Crippen molar-refractivity contribution >= 4 is 23.6 Å². The lowest BCUT2D eigenvalue weighted by molar-refractivity contribution is 0.590. The zero-order valence-electron chi connectivity index (χ0n) is 39.8. The molecule has 3 aliphatic rings. The van der Waals surface area contributed by atoms with Gasteiger partial charge >= 0.3 is 0 Å². The number of hydrogen-bond acceptors (Lipinski definition) is 3. The Kier molecular flexibility index (Phi) is 36.5. The third-order valence-electron chi connectivity index (χ3n) is 8.99. The summed E-state index contributed by atoms with van der Waals surface area (Å²) in [5.41, 5.74) is 13.1. The van der Waals surface area contributed by atoms with Crippen molar-refractivity contribution in [2.45, 2.75) is 80.1 Å². The van der Waals surface area contributed by atoms with Crippen LogP contribution < -0.4 is 10.7 Å². The first-order chi connectivity index (χ1) is 30.7. The van der Waals surface area contributed by atoms with E-state index in [-0.39, 0.29) is 0 Å². The Bertz CT molecular complexity index is 1940. The van der Waals surface area contributed by atoms with Crippen molar-refractivity contribution in [1.82, 2.24) is 0 Å². The molecule has 0 aromatic heterocycles. The van der Waals surface area contributed by atoms with Gasteiger partial charge in [0, 0.05) is 24.2 Å². The summed E-state index contributed by atoms with van der Waals surface area (Å²) in [7, 11) is 0. The number of fused-ring (bicyclic) bond motifs is 1. The molecule has 0 bridgehead atoms.